The van der Waals surface area contributed by atoms with Gasteiger partial charge in [0.25, 0.3) is 5.91 Å². The van der Waals surface area contributed by atoms with Crippen LogP contribution in [0, 0.1) is 0 Å². The molecule has 1 aliphatic heterocycles. The summed E-state index contributed by atoms with van der Waals surface area (Å²) in [6.07, 6.45) is 2.32. The lowest BCUT2D eigenvalue weighted by Gasteiger charge is -2.19. The van der Waals surface area contributed by atoms with Crippen molar-refractivity contribution < 1.29 is 14.3 Å². The van der Waals surface area contributed by atoms with E-state index >= 15 is 0 Å². The summed E-state index contributed by atoms with van der Waals surface area (Å²) >= 11 is 0. The molecule has 0 bridgehead atoms. The van der Waals surface area contributed by atoms with Crippen LogP contribution in [0.4, 0.5) is 11.6 Å². The summed E-state index contributed by atoms with van der Waals surface area (Å²) < 4.78 is 11.1. The second-order valence-corrected chi connectivity index (χ2v) is 6.24. The van der Waals surface area contributed by atoms with Crippen LogP contribution in [0.25, 0.3) is 0 Å². The second-order valence-electron chi connectivity index (χ2n) is 6.24. The molecule has 142 valence electrons. The molecule has 1 amide bonds. The van der Waals surface area contributed by atoms with Gasteiger partial charge in [-0.2, -0.15) is 0 Å². The van der Waals surface area contributed by atoms with E-state index in [4.69, 9.17) is 9.47 Å². The van der Waals surface area contributed by atoms with Crippen LogP contribution in [-0.4, -0.2) is 35.6 Å². The van der Waals surface area contributed by atoms with Crippen LogP contribution in [0.15, 0.2) is 60.8 Å². The van der Waals surface area contributed by atoms with E-state index < -0.39 is 0 Å². The van der Waals surface area contributed by atoms with Gasteiger partial charge < -0.3 is 20.1 Å². The minimum Gasteiger partial charge on any atom is -0.486 e. The topological polar surface area (TPSA) is 85.4 Å². The van der Waals surface area contributed by atoms with E-state index in [0.29, 0.717) is 42.9 Å². The van der Waals surface area contributed by atoms with Crippen LogP contribution in [0.3, 0.4) is 0 Å². The van der Waals surface area contributed by atoms with Crippen molar-refractivity contribution in [2.24, 2.45) is 0 Å². The summed E-state index contributed by atoms with van der Waals surface area (Å²) in [6, 6.07) is 17.1. The first kappa shape index (κ1) is 17.8. The molecule has 0 unspecified atom stereocenters. The van der Waals surface area contributed by atoms with Gasteiger partial charge in [-0.3, -0.25) is 4.79 Å². The largest absolute Gasteiger partial charge is 0.486 e. The Labute approximate surface area is 162 Å². The second kappa shape index (κ2) is 8.39. The number of nitrogens with zero attached hydrogens (tertiary/aromatic N) is 2. The monoisotopic (exact) mass is 376 g/mol. The van der Waals surface area contributed by atoms with Gasteiger partial charge in [-0.1, -0.05) is 30.3 Å². The fraction of sp³-hybridized carbons (Fsp3) is 0.190. The van der Waals surface area contributed by atoms with E-state index in [0.717, 1.165) is 12.1 Å². The van der Waals surface area contributed by atoms with Gasteiger partial charge in [-0.05, 0) is 30.2 Å². The highest BCUT2D eigenvalue weighted by Crippen LogP contribution is 2.33. The predicted octanol–water partition coefficient (Wildman–Crippen LogP) is 2.96. The number of aromatic nitrogens is 2. The van der Waals surface area contributed by atoms with Gasteiger partial charge in [0.2, 0.25) is 5.95 Å². The molecule has 4 rings (SSSR count). The molecule has 1 aliphatic rings. The number of ether oxygens (including phenoxy) is 2. The van der Waals surface area contributed by atoms with Crippen LogP contribution < -0.4 is 20.1 Å². The molecule has 0 aliphatic carbocycles. The average Bonchev–Trinajstić information content (AvgIpc) is 2.74. The molecule has 7 nitrogen and oxygen atoms in total. The third kappa shape index (κ3) is 4.37. The van der Waals surface area contributed by atoms with E-state index in [1.807, 2.05) is 48.5 Å². The van der Waals surface area contributed by atoms with Crippen LogP contribution in [-0.2, 0) is 6.42 Å². The number of carbonyl (C=O) groups is 1. The number of hydrogen-bond acceptors (Lipinski definition) is 6. The summed E-state index contributed by atoms with van der Waals surface area (Å²) in [6.45, 7) is 1.60. The fourth-order valence-electron chi connectivity index (χ4n) is 2.85. The predicted molar refractivity (Wildman–Crippen MR) is 105 cm³/mol. The lowest BCUT2D eigenvalue weighted by molar-refractivity contribution is 0.0949. The van der Waals surface area contributed by atoms with Gasteiger partial charge in [0.05, 0.1) is 0 Å². The molecular formula is C21H20N4O3. The Morgan fingerprint density at radius 3 is 2.68 bits per heavy atom. The van der Waals surface area contributed by atoms with Gasteiger partial charge >= 0.3 is 0 Å². The highest BCUT2D eigenvalue weighted by atomic mass is 16.6. The Balaban J connectivity index is 1.37. The Morgan fingerprint density at radius 1 is 1.00 bits per heavy atom. The van der Waals surface area contributed by atoms with Crippen molar-refractivity contribution in [1.29, 1.82) is 0 Å². The number of rotatable bonds is 6. The molecule has 3 aromatic rings. The lowest BCUT2D eigenvalue weighted by Crippen LogP contribution is -2.26. The first-order valence-corrected chi connectivity index (χ1v) is 9.10. The van der Waals surface area contributed by atoms with Gasteiger partial charge in [-0.25, -0.2) is 9.97 Å². The number of fused-ring (bicyclic) bond motifs is 1. The Bertz CT molecular complexity index is 963. The molecule has 28 heavy (non-hydrogen) atoms. The third-order valence-corrected chi connectivity index (χ3v) is 4.23. The maximum atomic E-state index is 12.4. The van der Waals surface area contributed by atoms with Crippen molar-refractivity contribution in [3.8, 4) is 11.5 Å². The highest BCUT2D eigenvalue weighted by molar-refractivity contribution is 5.92. The van der Waals surface area contributed by atoms with E-state index in [9.17, 15) is 4.79 Å². The van der Waals surface area contributed by atoms with Crippen molar-refractivity contribution in [2.75, 3.05) is 25.1 Å². The third-order valence-electron chi connectivity index (χ3n) is 4.23. The minimum atomic E-state index is -0.233. The molecule has 0 fully saturated rings. The van der Waals surface area contributed by atoms with Crippen molar-refractivity contribution >= 4 is 17.5 Å². The fourth-order valence-corrected chi connectivity index (χ4v) is 2.85. The summed E-state index contributed by atoms with van der Waals surface area (Å²) in [4.78, 5) is 20.8. The van der Waals surface area contributed by atoms with Gasteiger partial charge in [0.1, 0.15) is 18.9 Å². The smallest absolute Gasteiger partial charge is 0.270 e. The number of carbonyl (C=O) groups excluding carboxylic acids is 1. The Hall–Kier alpha value is -3.61. The zero-order chi connectivity index (χ0) is 19.2. The average molecular weight is 376 g/mol. The van der Waals surface area contributed by atoms with Gasteiger partial charge in [0.15, 0.2) is 11.5 Å². The molecule has 2 aromatic carbocycles. The van der Waals surface area contributed by atoms with Crippen LogP contribution >= 0.6 is 0 Å². The molecular weight excluding hydrogens is 356 g/mol. The number of anilines is 2. The maximum absolute atomic E-state index is 12.4. The van der Waals surface area contributed by atoms with Gasteiger partial charge in [0, 0.05) is 24.5 Å². The van der Waals surface area contributed by atoms with Gasteiger partial charge in [-0.15, -0.1) is 0 Å². The van der Waals surface area contributed by atoms with E-state index in [1.54, 1.807) is 12.3 Å². The van der Waals surface area contributed by atoms with Crippen molar-refractivity contribution in [1.82, 2.24) is 15.3 Å². The van der Waals surface area contributed by atoms with Crippen molar-refractivity contribution in [3.63, 3.8) is 0 Å². The van der Waals surface area contributed by atoms with Crippen LogP contribution in [0.1, 0.15) is 16.1 Å². The zero-order valence-electron chi connectivity index (χ0n) is 15.2. The minimum absolute atomic E-state index is 0.233. The lowest BCUT2D eigenvalue weighted by atomic mass is 10.1. The number of amides is 1. The summed E-state index contributed by atoms with van der Waals surface area (Å²) in [5.41, 5.74) is 2.24. The summed E-state index contributed by atoms with van der Waals surface area (Å²) in [7, 11) is 0. The Kier molecular flexibility index (Phi) is 5.33. The zero-order valence-corrected chi connectivity index (χ0v) is 15.2. The molecule has 0 atom stereocenters. The molecule has 0 radical (unpaired) electrons. The molecule has 0 spiro atoms. The normalized spacial score (nSPS) is 12.3. The SMILES string of the molecule is O=C(NCCc1ccccc1)c1ccnc(Nc2ccc3c(c2)OCCO3)n1. The van der Waals surface area contributed by atoms with Crippen LogP contribution in [0.5, 0.6) is 11.5 Å². The standard InChI is InChI=1S/C21H20N4O3/c26-20(22-10-8-15-4-2-1-3-5-15)17-9-11-23-21(25-17)24-16-6-7-18-19(14-16)28-13-12-27-18/h1-7,9,11,14H,8,10,12-13H2,(H,22,26)(H,23,24,25). The van der Waals surface area contributed by atoms with Crippen molar-refractivity contribution in [3.05, 3.63) is 72.1 Å². The van der Waals surface area contributed by atoms with Crippen LogP contribution in [0.2, 0.25) is 0 Å². The van der Waals surface area contributed by atoms with Crippen molar-refractivity contribution in [2.45, 2.75) is 6.42 Å². The molecule has 2 N–H and O–H groups in total. The number of nitrogens with one attached hydrogen (secondary N) is 2. The molecule has 1 aromatic heterocycles. The Morgan fingerprint density at radius 2 is 1.82 bits per heavy atom. The quantitative estimate of drug-likeness (QED) is 0.688. The first-order chi connectivity index (χ1) is 13.8. The summed E-state index contributed by atoms with van der Waals surface area (Å²) in [5, 5.41) is 5.98. The molecule has 7 heteroatoms. The first-order valence-electron chi connectivity index (χ1n) is 9.10. The number of benzene rings is 2. The van der Waals surface area contributed by atoms with E-state index in [-0.39, 0.29) is 5.91 Å². The van der Waals surface area contributed by atoms with E-state index in [1.165, 1.54) is 5.56 Å². The maximum Gasteiger partial charge on any atom is 0.270 e. The molecule has 0 saturated carbocycles. The number of hydrogen-bond donors (Lipinski definition) is 2. The molecule has 2 heterocycles. The summed E-state index contributed by atoms with van der Waals surface area (Å²) in [5.74, 6) is 1.49. The molecule has 0 saturated heterocycles. The van der Waals surface area contributed by atoms with E-state index in [2.05, 4.69) is 20.6 Å². The highest BCUT2D eigenvalue weighted by Gasteiger charge is 2.13.